The van der Waals surface area contributed by atoms with Gasteiger partial charge in [0, 0.05) is 35.1 Å². The molecular weight excluding hydrogens is 400 g/mol. The molecule has 0 fully saturated rings. The number of phenolic OH excluding ortho intramolecular Hbond substituents is 1. The van der Waals surface area contributed by atoms with Gasteiger partial charge in [-0.05, 0) is 47.5 Å². The Labute approximate surface area is 177 Å². The number of hydrogen-bond donors (Lipinski definition) is 2. The topological polar surface area (TPSA) is 82.1 Å². The first-order valence-corrected chi connectivity index (χ1v) is 9.82. The second kappa shape index (κ2) is 7.31. The zero-order valence-corrected chi connectivity index (χ0v) is 16.5. The van der Waals surface area contributed by atoms with Crippen LogP contribution in [0.1, 0.15) is 33.2 Å². The summed E-state index contributed by atoms with van der Waals surface area (Å²) in [7, 11) is 0. The van der Waals surface area contributed by atoms with Gasteiger partial charge in [-0.25, -0.2) is 0 Å². The van der Waals surface area contributed by atoms with Gasteiger partial charge < -0.3 is 10.0 Å². The molecule has 2 N–H and O–H groups in total. The predicted octanol–water partition coefficient (Wildman–Crippen LogP) is 4.58. The van der Waals surface area contributed by atoms with Crippen molar-refractivity contribution in [2.24, 2.45) is 0 Å². The fourth-order valence-corrected chi connectivity index (χ4v) is 4.00. The third kappa shape index (κ3) is 3.11. The summed E-state index contributed by atoms with van der Waals surface area (Å²) in [5.74, 6) is 0.0571. The van der Waals surface area contributed by atoms with E-state index in [-0.39, 0.29) is 17.7 Å². The van der Waals surface area contributed by atoms with E-state index >= 15 is 0 Å². The number of nitrogens with zero attached hydrogens (tertiary/aromatic N) is 3. The molecule has 5 rings (SSSR count). The Morgan fingerprint density at radius 3 is 2.40 bits per heavy atom. The molecule has 1 aliphatic heterocycles. The van der Waals surface area contributed by atoms with Crippen molar-refractivity contribution in [1.29, 1.82) is 0 Å². The fraction of sp³-hybridized carbons (Fsp3) is 0.0870. The zero-order valence-electron chi connectivity index (χ0n) is 15.8. The van der Waals surface area contributed by atoms with Gasteiger partial charge in [0.05, 0.1) is 11.7 Å². The predicted molar refractivity (Wildman–Crippen MR) is 113 cm³/mol. The van der Waals surface area contributed by atoms with Gasteiger partial charge in [-0.15, -0.1) is 0 Å². The van der Waals surface area contributed by atoms with Crippen molar-refractivity contribution in [3.05, 3.63) is 100 Å². The number of nitrogens with one attached hydrogen (secondary N) is 1. The van der Waals surface area contributed by atoms with Crippen LogP contribution in [-0.4, -0.2) is 31.1 Å². The highest BCUT2D eigenvalue weighted by Gasteiger charge is 2.42. The maximum atomic E-state index is 13.3. The average Bonchev–Trinajstić information content (AvgIpc) is 3.30. The van der Waals surface area contributed by atoms with Crippen LogP contribution in [-0.2, 0) is 6.54 Å². The highest BCUT2D eigenvalue weighted by molar-refractivity contribution is 6.30. The number of aromatic amines is 1. The lowest BCUT2D eigenvalue weighted by molar-refractivity contribution is 0.0730. The van der Waals surface area contributed by atoms with Gasteiger partial charge in [-0.2, -0.15) is 5.10 Å². The first kappa shape index (κ1) is 18.4. The quantitative estimate of drug-likeness (QED) is 0.510. The Bertz CT molecular complexity index is 1200. The minimum Gasteiger partial charge on any atom is -0.508 e. The van der Waals surface area contributed by atoms with Gasteiger partial charge in [0.25, 0.3) is 5.91 Å². The van der Waals surface area contributed by atoms with Crippen LogP contribution >= 0.6 is 11.6 Å². The molecule has 2 aromatic carbocycles. The number of pyridine rings is 1. The largest absolute Gasteiger partial charge is 0.508 e. The lowest BCUT2D eigenvalue weighted by Gasteiger charge is -2.26. The van der Waals surface area contributed by atoms with Crippen LogP contribution in [0.5, 0.6) is 5.75 Å². The van der Waals surface area contributed by atoms with Crippen molar-refractivity contribution in [3.8, 4) is 17.0 Å². The van der Waals surface area contributed by atoms with E-state index < -0.39 is 0 Å². The normalized spacial score (nSPS) is 15.4. The molecule has 1 aliphatic rings. The number of phenols is 1. The van der Waals surface area contributed by atoms with Crippen LogP contribution in [0.2, 0.25) is 5.02 Å². The molecule has 30 heavy (non-hydrogen) atoms. The number of amides is 1. The van der Waals surface area contributed by atoms with Crippen LogP contribution in [0.4, 0.5) is 0 Å². The lowest BCUT2D eigenvalue weighted by atomic mass is 9.96. The number of aromatic nitrogens is 3. The van der Waals surface area contributed by atoms with Crippen molar-refractivity contribution in [3.63, 3.8) is 0 Å². The highest BCUT2D eigenvalue weighted by Crippen LogP contribution is 2.43. The third-order valence-corrected chi connectivity index (χ3v) is 5.54. The first-order chi connectivity index (χ1) is 14.6. The molecule has 0 bridgehead atoms. The van der Waals surface area contributed by atoms with Crippen LogP contribution in [0.15, 0.2) is 73.1 Å². The Hall–Kier alpha value is -3.64. The smallest absolute Gasteiger partial charge is 0.273 e. The lowest BCUT2D eigenvalue weighted by Crippen LogP contribution is -2.29. The van der Waals surface area contributed by atoms with E-state index in [1.54, 1.807) is 36.7 Å². The van der Waals surface area contributed by atoms with Gasteiger partial charge in [-0.1, -0.05) is 35.9 Å². The van der Waals surface area contributed by atoms with Gasteiger partial charge >= 0.3 is 0 Å². The van der Waals surface area contributed by atoms with Crippen LogP contribution in [0, 0.1) is 0 Å². The van der Waals surface area contributed by atoms with Crippen molar-refractivity contribution in [1.82, 2.24) is 20.1 Å². The van der Waals surface area contributed by atoms with Crippen molar-refractivity contribution < 1.29 is 9.90 Å². The molecule has 1 atom stereocenters. The molecule has 1 amide bonds. The summed E-state index contributed by atoms with van der Waals surface area (Å²) in [5.41, 5.74) is 4.76. The van der Waals surface area contributed by atoms with E-state index in [0.717, 1.165) is 22.3 Å². The minimum absolute atomic E-state index is 0.118. The number of hydrogen-bond acceptors (Lipinski definition) is 4. The molecule has 0 spiro atoms. The molecule has 0 saturated carbocycles. The van der Waals surface area contributed by atoms with Crippen LogP contribution < -0.4 is 0 Å². The number of benzene rings is 2. The van der Waals surface area contributed by atoms with Crippen molar-refractivity contribution in [2.75, 3.05) is 0 Å². The van der Waals surface area contributed by atoms with Gasteiger partial charge in [0.2, 0.25) is 0 Å². The van der Waals surface area contributed by atoms with E-state index in [9.17, 15) is 9.90 Å². The third-order valence-electron chi connectivity index (χ3n) is 5.29. The molecule has 2 aromatic heterocycles. The summed E-state index contributed by atoms with van der Waals surface area (Å²) >= 11 is 6.05. The molecule has 0 radical (unpaired) electrons. The van der Waals surface area contributed by atoms with E-state index in [2.05, 4.69) is 15.2 Å². The van der Waals surface area contributed by atoms with Gasteiger partial charge in [0.15, 0.2) is 0 Å². The number of carbonyl (C=O) groups is 1. The molecule has 1 unspecified atom stereocenters. The van der Waals surface area contributed by atoms with E-state index in [4.69, 9.17) is 11.6 Å². The van der Waals surface area contributed by atoms with Gasteiger partial charge in [0.1, 0.15) is 11.4 Å². The first-order valence-electron chi connectivity index (χ1n) is 9.45. The number of halogens is 1. The Morgan fingerprint density at radius 2 is 1.70 bits per heavy atom. The maximum absolute atomic E-state index is 13.3. The molecule has 0 aliphatic carbocycles. The summed E-state index contributed by atoms with van der Waals surface area (Å²) in [6, 6.07) is 17.8. The number of aromatic hydroxyl groups is 1. The van der Waals surface area contributed by atoms with Crippen molar-refractivity contribution in [2.45, 2.75) is 12.6 Å². The van der Waals surface area contributed by atoms with Crippen LogP contribution in [0.3, 0.4) is 0 Å². The average molecular weight is 417 g/mol. The summed E-state index contributed by atoms with van der Waals surface area (Å²) < 4.78 is 0. The summed E-state index contributed by atoms with van der Waals surface area (Å²) in [6.07, 6.45) is 3.43. The van der Waals surface area contributed by atoms with E-state index in [1.807, 2.05) is 41.3 Å². The molecule has 0 saturated heterocycles. The minimum atomic E-state index is -0.342. The SMILES string of the molecule is O=C1c2[nH]nc(-c3ccc(Cl)cc3)c2C(c2ccc(O)cc2)N1Cc1ccncc1. The van der Waals surface area contributed by atoms with Crippen molar-refractivity contribution >= 4 is 17.5 Å². The summed E-state index contributed by atoms with van der Waals surface area (Å²) in [6.45, 7) is 0.426. The fourth-order valence-electron chi connectivity index (χ4n) is 3.88. The molecule has 4 aromatic rings. The number of carbonyl (C=O) groups excluding carboxylic acids is 1. The zero-order chi connectivity index (χ0) is 20.7. The monoisotopic (exact) mass is 416 g/mol. The molecule has 7 heteroatoms. The number of rotatable bonds is 4. The molecule has 148 valence electrons. The van der Waals surface area contributed by atoms with E-state index in [0.29, 0.717) is 23.0 Å². The molecule has 3 heterocycles. The Morgan fingerprint density at radius 1 is 1.00 bits per heavy atom. The molecular formula is C23H17ClN4O2. The van der Waals surface area contributed by atoms with Crippen LogP contribution in [0.25, 0.3) is 11.3 Å². The Balaban J connectivity index is 1.64. The maximum Gasteiger partial charge on any atom is 0.273 e. The Kier molecular flexibility index (Phi) is 4.48. The second-order valence-electron chi connectivity index (χ2n) is 7.15. The van der Waals surface area contributed by atoms with E-state index in [1.165, 1.54) is 0 Å². The second-order valence-corrected chi connectivity index (χ2v) is 7.59. The van der Waals surface area contributed by atoms with Gasteiger partial charge in [-0.3, -0.25) is 14.9 Å². The summed E-state index contributed by atoms with van der Waals surface area (Å²) in [4.78, 5) is 19.2. The number of fused-ring (bicyclic) bond motifs is 1. The standard InChI is InChI=1S/C23H17ClN4O2/c24-17-5-1-15(2-6-17)20-19-21(27-26-20)23(30)28(13-14-9-11-25-12-10-14)22(19)16-3-7-18(29)8-4-16/h1-12,22,29H,13H2,(H,26,27). The molecule has 6 nitrogen and oxygen atoms in total. The summed E-state index contributed by atoms with van der Waals surface area (Å²) in [5, 5.41) is 17.8. The highest BCUT2D eigenvalue weighted by atomic mass is 35.5. The number of H-pyrrole nitrogens is 1.